The second kappa shape index (κ2) is 8.77. The molecule has 0 radical (unpaired) electrons. The number of hydrogen-bond donors (Lipinski definition) is 1. The van der Waals surface area contributed by atoms with Crippen LogP contribution in [0, 0.1) is 0 Å². The highest BCUT2D eigenvalue weighted by Gasteiger charge is 2.06. The first kappa shape index (κ1) is 15.8. The summed E-state index contributed by atoms with van der Waals surface area (Å²) in [6.45, 7) is 5.21. The fourth-order valence-electron chi connectivity index (χ4n) is 1.82. The van der Waals surface area contributed by atoms with Crippen molar-refractivity contribution >= 4 is 0 Å². The first-order chi connectivity index (χ1) is 9.17. The van der Waals surface area contributed by atoms with Crippen molar-refractivity contribution in [3.8, 4) is 11.5 Å². The maximum Gasteiger partial charge on any atom is 0.161 e. The van der Waals surface area contributed by atoms with E-state index in [1.165, 1.54) is 5.56 Å². The molecule has 0 aliphatic carbocycles. The van der Waals surface area contributed by atoms with Gasteiger partial charge >= 0.3 is 0 Å². The Morgan fingerprint density at radius 2 is 1.95 bits per heavy atom. The second-order valence-corrected chi connectivity index (χ2v) is 4.75. The van der Waals surface area contributed by atoms with Gasteiger partial charge in [-0.2, -0.15) is 0 Å². The van der Waals surface area contributed by atoms with Gasteiger partial charge in [-0.25, -0.2) is 0 Å². The van der Waals surface area contributed by atoms with Crippen molar-refractivity contribution in [2.75, 3.05) is 40.9 Å². The number of benzene rings is 1. The van der Waals surface area contributed by atoms with Gasteiger partial charge in [-0.15, -0.1) is 0 Å². The molecule has 1 aromatic carbocycles. The number of ether oxygens (including phenoxy) is 2. The SMILES string of the molecule is CCOc1cc(CNC)ccc1OCCCN(C)C. The zero-order chi connectivity index (χ0) is 14.1. The maximum absolute atomic E-state index is 5.80. The van der Waals surface area contributed by atoms with Crippen molar-refractivity contribution < 1.29 is 9.47 Å². The largest absolute Gasteiger partial charge is 0.490 e. The van der Waals surface area contributed by atoms with Gasteiger partial charge in [-0.3, -0.25) is 0 Å². The van der Waals surface area contributed by atoms with Gasteiger partial charge in [0, 0.05) is 13.1 Å². The molecule has 0 heterocycles. The van der Waals surface area contributed by atoms with Crippen LogP contribution in [-0.4, -0.2) is 45.8 Å². The van der Waals surface area contributed by atoms with Crippen molar-refractivity contribution in [3.05, 3.63) is 23.8 Å². The molecule has 4 nitrogen and oxygen atoms in total. The molecule has 19 heavy (non-hydrogen) atoms. The Hall–Kier alpha value is -1.26. The lowest BCUT2D eigenvalue weighted by molar-refractivity contribution is 0.258. The van der Waals surface area contributed by atoms with Crippen LogP contribution in [0.25, 0.3) is 0 Å². The van der Waals surface area contributed by atoms with E-state index in [4.69, 9.17) is 9.47 Å². The van der Waals surface area contributed by atoms with E-state index in [2.05, 4.69) is 30.4 Å². The minimum absolute atomic E-state index is 0.650. The summed E-state index contributed by atoms with van der Waals surface area (Å²) >= 11 is 0. The summed E-state index contributed by atoms with van der Waals surface area (Å²) in [6.07, 6.45) is 1.01. The molecule has 108 valence electrons. The molecule has 0 saturated carbocycles. The van der Waals surface area contributed by atoms with Crippen LogP contribution in [0.5, 0.6) is 11.5 Å². The molecule has 0 unspecified atom stereocenters. The molecule has 1 N–H and O–H groups in total. The summed E-state index contributed by atoms with van der Waals surface area (Å²) in [5.74, 6) is 1.67. The molecule has 1 rings (SSSR count). The van der Waals surface area contributed by atoms with Crippen LogP contribution in [0.15, 0.2) is 18.2 Å². The van der Waals surface area contributed by atoms with E-state index in [9.17, 15) is 0 Å². The van der Waals surface area contributed by atoms with Gasteiger partial charge in [0.2, 0.25) is 0 Å². The third kappa shape index (κ3) is 5.94. The summed E-state index contributed by atoms with van der Waals surface area (Å²) in [4.78, 5) is 2.16. The van der Waals surface area contributed by atoms with Crippen molar-refractivity contribution in [3.63, 3.8) is 0 Å². The highest BCUT2D eigenvalue weighted by Crippen LogP contribution is 2.28. The van der Waals surface area contributed by atoms with E-state index >= 15 is 0 Å². The molecule has 0 bridgehead atoms. The Morgan fingerprint density at radius 3 is 2.58 bits per heavy atom. The van der Waals surface area contributed by atoms with Crippen molar-refractivity contribution in [2.24, 2.45) is 0 Å². The molecular formula is C15H26N2O2. The maximum atomic E-state index is 5.80. The van der Waals surface area contributed by atoms with E-state index < -0.39 is 0 Å². The van der Waals surface area contributed by atoms with Gasteiger partial charge < -0.3 is 19.7 Å². The number of hydrogen-bond acceptors (Lipinski definition) is 4. The molecule has 0 aliphatic heterocycles. The third-order valence-electron chi connectivity index (χ3n) is 2.70. The Bertz CT molecular complexity index is 367. The Kier molecular flexibility index (Phi) is 7.30. The van der Waals surface area contributed by atoms with Crippen molar-refractivity contribution in [2.45, 2.75) is 19.9 Å². The molecule has 0 spiro atoms. The summed E-state index contributed by atoms with van der Waals surface area (Å²) in [5.41, 5.74) is 1.20. The molecule has 0 saturated heterocycles. The van der Waals surface area contributed by atoms with E-state index in [1.807, 2.05) is 26.1 Å². The quantitative estimate of drug-likeness (QED) is 0.694. The van der Waals surface area contributed by atoms with Gasteiger partial charge in [0.1, 0.15) is 0 Å². The summed E-state index contributed by atoms with van der Waals surface area (Å²) in [6, 6.07) is 6.11. The van der Waals surface area contributed by atoms with E-state index in [-0.39, 0.29) is 0 Å². The Balaban J connectivity index is 2.59. The average Bonchev–Trinajstić information content (AvgIpc) is 2.37. The highest BCUT2D eigenvalue weighted by molar-refractivity contribution is 5.43. The van der Waals surface area contributed by atoms with Crippen LogP contribution in [0.4, 0.5) is 0 Å². The Morgan fingerprint density at radius 1 is 1.16 bits per heavy atom. The predicted molar refractivity (Wildman–Crippen MR) is 79.0 cm³/mol. The van der Waals surface area contributed by atoms with Gasteiger partial charge in [0.25, 0.3) is 0 Å². The molecule has 0 aliphatic rings. The first-order valence-electron chi connectivity index (χ1n) is 6.85. The van der Waals surface area contributed by atoms with Crippen LogP contribution < -0.4 is 14.8 Å². The van der Waals surface area contributed by atoms with Crippen LogP contribution in [0.2, 0.25) is 0 Å². The molecule has 0 atom stereocenters. The minimum Gasteiger partial charge on any atom is -0.490 e. The van der Waals surface area contributed by atoms with E-state index in [0.29, 0.717) is 13.2 Å². The summed E-state index contributed by atoms with van der Waals surface area (Å²) in [5, 5.41) is 3.14. The summed E-state index contributed by atoms with van der Waals surface area (Å²) in [7, 11) is 6.07. The molecule has 1 aromatic rings. The average molecular weight is 266 g/mol. The lowest BCUT2D eigenvalue weighted by atomic mass is 10.2. The number of nitrogens with zero attached hydrogens (tertiary/aromatic N) is 1. The Labute approximate surface area is 116 Å². The van der Waals surface area contributed by atoms with Crippen LogP contribution >= 0.6 is 0 Å². The van der Waals surface area contributed by atoms with Crippen LogP contribution in [0.1, 0.15) is 18.9 Å². The molecule has 0 aromatic heterocycles. The lowest BCUT2D eigenvalue weighted by Crippen LogP contribution is -2.15. The lowest BCUT2D eigenvalue weighted by Gasteiger charge is -2.14. The standard InChI is InChI=1S/C15H26N2O2/c1-5-18-15-11-13(12-16-2)7-8-14(15)19-10-6-9-17(3)4/h7-8,11,16H,5-6,9-10,12H2,1-4H3. The number of nitrogens with one attached hydrogen (secondary N) is 1. The topological polar surface area (TPSA) is 33.7 Å². The highest BCUT2D eigenvalue weighted by atomic mass is 16.5. The van der Waals surface area contributed by atoms with E-state index in [0.717, 1.165) is 31.0 Å². The van der Waals surface area contributed by atoms with Gasteiger partial charge in [0.05, 0.1) is 13.2 Å². The smallest absolute Gasteiger partial charge is 0.161 e. The third-order valence-corrected chi connectivity index (χ3v) is 2.70. The van der Waals surface area contributed by atoms with Crippen molar-refractivity contribution in [1.29, 1.82) is 0 Å². The molecule has 0 amide bonds. The fourth-order valence-corrected chi connectivity index (χ4v) is 1.82. The van der Waals surface area contributed by atoms with Gasteiger partial charge in [-0.05, 0) is 52.2 Å². The van der Waals surface area contributed by atoms with Gasteiger partial charge in [-0.1, -0.05) is 6.07 Å². The summed E-state index contributed by atoms with van der Waals surface area (Å²) < 4.78 is 11.4. The first-order valence-corrected chi connectivity index (χ1v) is 6.85. The van der Waals surface area contributed by atoms with Crippen LogP contribution in [0.3, 0.4) is 0 Å². The molecule has 4 heteroatoms. The predicted octanol–water partition coefficient (Wildman–Crippen LogP) is 2.14. The monoisotopic (exact) mass is 266 g/mol. The second-order valence-electron chi connectivity index (χ2n) is 4.75. The van der Waals surface area contributed by atoms with Crippen molar-refractivity contribution in [1.82, 2.24) is 10.2 Å². The minimum atomic E-state index is 0.650. The zero-order valence-electron chi connectivity index (χ0n) is 12.5. The fraction of sp³-hybridized carbons (Fsp3) is 0.600. The van der Waals surface area contributed by atoms with E-state index in [1.54, 1.807) is 0 Å². The van der Waals surface area contributed by atoms with Gasteiger partial charge in [0.15, 0.2) is 11.5 Å². The number of rotatable bonds is 9. The molecular weight excluding hydrogens is 240 g/mol. The normalized spacial score (nSPS) is 10.8. The zero-order valence-corrected chi connectivity index (χ0v) is 12.5. The molecule has 0 fully saturated rings. The van der Waals surface area contributed by atoms with Crippen LogP contribution in [-0.2, 0) is 6.54 Å².